The summed E-state index contributed by atoms with van der Waals surface area (Å²) >= 11 is 3.47. The molecule has 0 saturated carbocycles. The van der Waals surface area contributed by atoms with Crippen molar-refractivity contribution < 1.29 is 9.53 Å². The summed E-state index contributed by atoms with van der Waals surface area (Å²) in [5, 5.41) is 8.71. The van der Waals surface area contributed by atoms with E-state index in [1.165, 1.54) is 0 Å². The number of methoxy groups -OCH3 is 1. The zero-order valence-electron chi connectivity index (χ0n) is 11.9. The number of carbonyl (C=O) groups excluding carboxylic acids is 1. The molecule has 0 unspecified atom stereocenters. The molecule has 0 aromatic heterocycles. The first-order valence-electron chi connectivity index (χ1n) is 6.50. The lowest BCUT2D eigenvalue weighted by Crippen LogP contribution is -2.30. The predicted octanol–water partition coefficient (Wildman–Crippen LogP) is 1.41. The molecule has 3 N–H and O–H groups in total. The Hall–Kier alpha value is -1.46. The van der Waals surface area contributed by atoms with Crippen LogP contribution in [0.3, 0.4) is 0 Å². The molecule has 0 radical (unpaired) electrons. The Kier molecular flexibility index (Phi) is 7.93. The van der Waals surface area contributed by atoms with Gasteiger partial charge in [0.15, 0.2) is 0 Å². The van der Waals surface area contributed by atoms with Gasteiger partial charge in [0.25, 0.3) is 5.91 Å². The molecule has 114 valence electrons. The van der Waals surface area contributed by atoms with Crippen LogP contribution in [0.15, 0.2) is 22.7 Å². The number of rotatable bonds is 8. The lowest BCUT2D eigenvalue weighted by Gasteiger charge is -2.21. The van der Waals surface area contributed by atoms with Gasteiger partial charge in [0.2, 0.25) is 0 Å². The number of nitriles is 1. The van der Waals surface area contributed by atoms with Gasteiger partial charge in [-0.05, 0) is 17.7 Å². The lowest BCUT2D eigenvalue weighted by molar-refractivity contribution is 0.0953. The van der Waals surface area contributed by atoms with Crippen LogP contribution in [0.1, 0.15) is 22.3 Å². The number of benzene rings is 1. The van der Waals surface area contributed by atoms with E-state index < -0.39 is 0 Å². The molecule has 21 heavy (non-hydrogen) atoms. The summed E-state index contributed by atoms with van der Waals surface area (Å²) in [7, 11) is 1.65. The smallest absolute Gasteiger partial charge is 0.265 e. The largest absolute Gasteiger partial charge is 0.383 e. The monoisotopic (exact) mass is 354 g/mol. The number of ether oxygens (including phenoxy) is 1. The second kappa shape index (κ2) is 9.47. The molecule has 6 nitrogen and oxygen atoms in total. The third-order valence-electron chi connectivity index (χ3n) is 2.99. The Morgan fingerprint density at radius 2 is 2.29 bits per heavy atom. The Balaban J connectivity index is 2.78. The Bertz CT molecular complexity index is 516. The maximum absolute atomic E-state index is 11.5. The topological polar surface area (TPSA) is 91.4 Å². The molecule has 0 atom stereocenters. The zero-order chi connectivity index (χ0) is 15.7. The fraction of sp³-hybridized carbons (Fsp3) is 0.429. The van der Waals surface area contributed by atoms with Crippen molar-refractivity contribution in [2.24, 2.45) is 5.84 Å². The predicted molar refractivity (Wildman–Crippen MR) is 83.2 cm³/mol. The molecule has 0 saturated heterocycles. The number of nitrogens with zero attached hydrogens (tertiary/aromatic N) is 2. The highest BCUT2D eigenvalue weighted by atomic mass is 79.9. The Labute approximate surface area is 133 Å². The summed E-state index contributed by atoms with van der Waals surface area (Å²) in [6, 6.07) is 7.48. The van der Waals surface area contributed by atoms with E-state index in [1.807, 2.05) is 6.07 Å². The highest BCUT2D eigenvalue weighted by Gasteiger charge is 2.11. The number of hydrogen-bond acceptors (Lipinski definition) is 5. The quantitative estimate of drug-likeness (QED) is 0.418. The highest BCUT2D eigenvalue weighted by molar-refractivity contribution is 9.10. The van der Waals surface area contributed by atoms with Crippen molar-refractivity contribution in [1.29, 1.82) is 5.26 Å². The van der Waals surface area contributed by atoms with Gasteiger partial charge in [0.1, 0.15) is 0 Å². The number of hydrazine groups is 1. The standard InChI is InChI=1S/C14H19BrN4O2/c1-21-8-7-19(6-2-5-16)10-12-4-3-11(9-13(12)15)14(20)18-17/h3-4,9H,2,6-8,10,17H2,1H3,(H,18,20). The second-order valence-corrected chi connectivity index (χ2v) is 5.31. The summed E-state index contributed by atoms with van der Waals surface area (Å²) in [6.45, 7) is 2.71. The van der Waals surface area contributed by atoms with Crippen LogP contribution < -0.4 is 11.3 Å². The molecule has 0 aliphatic heterocycles. The summed E-state index contributed by atoms with van der Waals surface area (Å²) in [6.07, 6.45) is 0.467. The van der Waals surface area contributed by atoms with E-state index in [0.29, 0.717) is 31.7 Å². The lowest BCUT2D eigenvalue weighted by atomic mass is 10.1. The SMILES string of the molecule is COCCN(CCC#N)Cc1ccc(C(=O)NN)cc1Br. The first-order chi connectivity index (χ1) is 10.1. The molecule has 1 aromatic rings. The number of nitrogens with two attached hydrogens (primary N) is 1. The molecule has 0 fully saturated rings. The van der Waals surface area contributed by atoms with Crippen LogP contribution in [-0.4, -0.2) is 37.6 Å². The minimum Gasteiger partial charge on any atom is -0.383 e. The summed E-state index contributed by atoms with van der Waals surface area (Å²) in [5.74, 6) is 4.78. The average molecular weight is 355 g/mol. The maximum atomic E-state index is 11.5. The number of hydrogen-bond donors (Lipinski definition) is 2. The summed E-state index contributed by atoms with van der Waals surface area (Å²) in [4.78, 5) is 13.6. The van der Waals surface area contributed by atoms with Gasteiger partial charge in [-0.2, -0.15) is 5.26 Å². The Morgan fingerprint density at radius 1 is 1.52 bits per heavy atom. The number of nitrogen functional groups attached to an aromatic ring is 1. The van der Waals surface area contributed by atoms with E-state index in [4.69, 9.17) is 15.8 Å². The number of nitrogens with one attached hydrogen (secondary N) is 1. The van der Waals surface area contributed by atoms with Crippen LogP contribution in [0.25, 0.3) is 0 Å². The molecule has 1 amide bonds. The van der Waals surface area contributed by atoms with Gasteiger partial charge in [-0.25, -0.2) is 5.84 Å². The van der Waals surface area contributed by atoms with Gasteiger partial charge in [-0.3, -0.25) is 15.1 Å². The number of halogens is 1. The molecule has 0 heterocycles. The van der Waals surface area contributed by atoms with Crippen molar-refractivity contribution >= 4 is 21.8 Å². The van der Waals surface area contributed by atoms with E-state index in [-0.39, 0.29) is 5.91 Å². The molecule has 7 heteroatoms. The first kappa shape index (κ1) is 17.6. The first-order valence-corrected chi connectivity index (χ1v) is 7.29. The highest BCUT2D eigenvalue weighted by Crippen LogP contribution is 2.20. The Morgan fingerprint density at radius 3 is 2.86 bits per heavy atom. The fourth-order valence-corrected chi connectivity index (χ4v) is 2.34. The molecular formula is C14H19BrN4O2. The molecule has 0 spiro atoms. The number of carbonyl (C=O) groups is 1. The molecule has 0 aliphatic carbocycles. The fourth-order valence-electron chi connectivity index (χ4n) is 1.84. The molecule has 0 bridgehead atoms. The van der Waals surface area contributed by atoms with Crippen LogP contribution in [-0.2, 0) is 11.3 Å². The molecular weight excluding hydrogens is 336 g/mol. The van der Waals surface area contributed by atoms with E-state index in [2.05, 4.69) is 32.3 Å². The van der Waals surface area contributed by atoms with Crippen molar-refractivity contribution in [2.45, 2.75) is 13.0 Å². The minimum absolute atomic E-state index is 0.331. The van der Waals surface area contributed by atoms with E-state index in [9.17, 15) is 4.79 Å². The van der Waals surface area contributed by atoms with Crippen molar-refractivity contribution in [2.75, 3.05) is 26.8 Å². The van der Waals surface area contributed by atoms with Crippen molar-refractivity contribution in [1.82, 2.24) is 10.3 Å². The molecule has 1 aromatic carbocycles. The van der Waals surface area contributed by atoms with Crippen LogP contribution in [0.2, 0.25) is 0 Å². The van der Waals surface area contributed by atoms with Crippen molar-refractivity contribution in [3.05, 3.63) is 33.8 Å². The normalized spacial score (nSPS) is 10.4. The third kappa shape index (κ3) is 5.81. The summed E-state index contributed by atoms with van der Waals surface area (Å²) in [5.41, 5.74) is 3.64. The van der Waals surface area contributed by atoms with Crippen molar-refractivity contribution in [3.8, 4) is 6.07 Å². The van der Waals surface area contributed by atoms with Crippen LogP contribution in [0.5, 0.6) is 0 Å². The second-order valence-electron chi connectivity index (χ2n) is 4.46. The van der Waals surface area contributed by atoms with Gasteiger partial charge < -0.3 is 4.74 Å². The zero-order valence-corrected chi connectivity index (χ0v) is 13.5. The van der Waals surface area contributed by atoms with Crippen LogP contribution >= 0.6 is 15.9 Å². The molecule has 0 aliphatic rings. The average Bonchev–Trinajstić information content (AvgIpc) is 2.50. The number of amides is 1. The van der Waals surface area contributed by atoms with Gasteiger partial charge in [0, 0.05) is 43.2 Å². The van der Waals surface area contributed by atoms with Gasteiger partial charge in [-0.1, -0.05) is 22.0 Å². The van der Waals surface area contributed by atoms with E-state index in [0.717, 1.165) is 16.6 Å². The summed E-state index contributed by atoms with van der Waals surface area (Å²) < 4.78 is 5.92. The van der Waals surface area contributed by atoms with Crippen LogP contribution in [0.4, 0.5) is 0 Å². The molecule has 1 rings (SSSR count). The van der Waals surface area contributed by atoms with Gasteiger partial charge in [0.05, 0.1) is 12.7 Å². The van der Waals surface area contributed by atoms with Crippen LogP contribution in [0, 0.1) is 11.3 Å². The maximum Gasteiger partial charge on any atom is 0.265 e. The van der Waals surface area contributed by atoms with Gasteiger partial charge in [-0.15, -0.1) is 0 Å². The van der Waals surface area contributed by atoms with E-state index in [1.54, 1.807) is 19.2 Å². The third-order valence-corrected chi connectivity index (χ3v) is 3.73. The van der Waals surface area contributed by atoms with Gasteiger partial charge >= 0.3 is 0 Å². The van der Waals surface area contributed by atoms with E-state index >= 15 is 0 Å². The minimum atomic E-state index is -0.331. The van der Waals surface area contributed by atoms with Crippen molar-refractivity contribution in [3.63, 3.8) is 0 Å².